The molecule has 2 rings (SSSR count). The highest BCUT2D eigenvalue weighted by atomic mass is 16.4. The third-order valence-electron chi connectivity index (χ3n) is 3.57. The zero-order chi connectivity index (χ0) is 15.4. The van der Waals surface area contributed by atoms with Gasteiger partial charge in [0.1, 0.15) is 6.54 Å². The molecule has 0 saturated heterocycles. The van der Waals surface area contributed by atoms with Gasteiger partial charge in [0.15, 0.2) is 0 Å². The number of likely N-dealkylation sites (N-methyl/N-ethyl adjacent to an activating group) is 1. The summed E-state index contributed by atoms with van der Waals surface area (Å²) in [4.78, 5) is 23.1. The molecular formula is C15H22N4O2. The molecule has 0 radical (unpaired) electrons. The van der Waals surface area contributed by atoms with Crippen LogP contribution in [0.15, 0.2) is 24.5 Å². The van der Waals surface area contributed by atoms with Gasteiger partial charge < -0.3 is 10.0 Å². The lowest BCUT2D eigenvalue weighted by atomic mass is 10.0. The third-order valence-corrected chi connectivity index (χ3v) is 3.57. The van der Waals surface area contributed by atoms with Crippen LogP contribution in [0.1, 0.15) is 19.4 Å². The Balaban J connectivity index is 1.98. The maximum absolute atomic E-state index is 10.7. The largest absolute Gasteiger partial charge is 0.480 e. The van der Waals surface area contributed by atoms with Crippen molar-refractivity contribution in [2.45, 2.75) is 26.4 Å². The molecule has 1 N–H and O–H groups in total. The molecule has 6 heteroatoms. The standard InChI is InChI=1S/C15H22N4O2/c1-11(2)13-5-4-6-19(13)9-12-7-16-15(17-8-12)18(3)10-14(20)21/h4-5,7-8,11,13H,6,9-10H2,1-3H3,(H,20,21)/t13-/m0/s1. The van der Waals surface area contributed by atoms with Crippen molar-refractivity contribution in [3.05, 3.63) is 30.1 Å². The summed E-state index contributed by atoms with van der Waals surface area (Å²) in [7, 11) is 1.67. The molecule has 1 atom stereocenters. The van der Waals surface area contributed by atoms with Crippen LogP contribution in [-0.4, -0.2) is 52.1 Å². The normalized spacial score (nSPS) is 18.4. The molecule has 1 aromatic rings. The topological polar surface area (TPSA) is 69.6 Å². The van der Waals surface area contributed by atoms with Crippen LogP contribution in [-0.2, 0) is 11.3 Å². The maximum atomic E-state index is 10.7. The molecule has 6 nitrogen and oxygen atoms in total. The Morgan fingerprint density at radius 1 is 1.48 bits per heavy atom. The lowest BCUT2D eigenvalue weighted by Gasteiger charge is -2.27. The number of aromatic nitrogens is 2. The van der Waals surface area contributed by atoms with Gasteiger partial charge in [-0.3, -0.25) is 9.69 Å². The number of hydrogen-bond acceptors (Lipinski definition) is 5. The van der Waals surface area contributed by atoms with E-state index in [0.29, 0.717) is 17.9 Å². The molecule has 0 amide bonds. The Hall–Kier alpha value is -1.95. The first-order chi connectivity index (χ1) is 9.97. The summed E-state index contributed by atoms with van der Waals surface area (Å²) in [6.07, 6.45) is 7.99. The van der Waals surface area contributed by atoms with E-state index in [1.54, 1.807) is 19.4 Å². The molecule has 2 heterocycles. The van der Waals surface area contributed by atoms with Gasteiger partial charge in [-0.1, -0.05) is 26.0 Å². The van der Waals surface area contributed by atoms with Gasteiger partial charge in [-0.15, -0.1) is 0 Å². The van der Waals surface area contributed by atoms with Crippen LogP contribution in [0, 0.1) is 5.92 Å². The molecule has 0 fully saturated rings. The van der Waals surface area contributed by atoms with Gasteiger partial charge in [-0.25, -0.2) is 9.97 Å². The van der Waals surface area contributed by atoms with Gasteiger partial charge in [0, 0.05) is 44.1 Å². The Morgan fingerprint density at radius 3 is 2.71 bits per heavy atom. The first-order valence-electron chi connectivity index (χ1n) is 7.12. The lowest BCUT2D eigenvalue weighted by molar-refractivity contribution is -0.135. The van der Waals surface area contributed by atoms with Gasteiger partial charge >= 0.3 is 5.97 Å². The highest BCUT2D eigenvalue weighted by Gasteiger charge is 2.22. The van der Waals surface area contributed by atoms with E-state index < -0.39 is 5.97 Å². The number of aliphatic carboxylic acids is 1. The second-order valence-electron chi connectivity index (χ2n) is 5.73. The van der Waals surface area contributed by atoms with Gasteiger partial charge in [0.2, 0.25) is 5.95 Å². The minimum atomic E-state index is -0.895. The van der Waals surface area contributed by atoms with Crippen LogP contribution in [0.5, 0.6) is 0 Å². The van der Waals surface area contributed by atoms with Crippen molar-refractivity contribution in [3.63, 3.8) is 0 Å². The van der Waals surface area contributed by atoms with E-state index in [1.807, 2.05) is 0 Å². The summed E-state index contributed by atoms with van der Waals surface area (Å²) >= 11 is 0. The van der Waals surface area contributed by atoms with Crippen LogP contribution < -0.4 is 4.90 Å². The van der Waals surface area contributed by atoms with Crippen molar-refractivity contribution >= 4 is 11.9 Å². The van der Waals surface area contributed by atoms with Gasteiger partial charge in [-0.05, 0) is 5.92 Å². The van der Waals surface area contributed by atoms with Crippen LogP contribution in [0.3, 0.4) is 0 Å². The highest BCUT2D eigenvalue weighted by Crippen LogP contribution is 2.20. The third kappa shape index (κ3) is 4.01. The van der Waals surface area contributed by atoms with Crippen molar-refractivity contribution < 1.29 is 9.90 Å². The SMILES string of the molecule is CC(C)[C@@H]1C=CCN1Cc1cnc(N(C)CC(=O)O)nc1. The Kier molecular flexibility index (Phi) is 4.90. The summed E-state index contributed by atoms with van der Waals surface area (Å²) in [5.74, 6) is 0.111. The molecule has 0 unspecified atom stereocenters. The fourth-order valence-electron chi connectivity index (χ4n) is 2.53. The molecule has 21 heavy (non-hydrogen) atoms. The van der Waals surface area contributed by atoms with Crippen molar-refractivity contribution in [3.8, 4) is 0 Å². The second kappa shape index (κ2) is 6.67. The summed E-state index contributed by atoms with van der Waals surface area (Å²) in [6, 6.07) is 0.458. The molecule has 0 spiro atoms. The Labute approximate surface area is 125 Å². The zero-order valence-corrected chi connectivity index (χ0v) is 12.7. The van der Waals surface area contributed by atoms with Crippen molar-refractivity contribution in [1.29, 1.82) is 0 Å². The van der Waals surface area contributed by atoms with Crippen molar-refractivity contribution in [1.82, 2.24) is 14.9 Å². The number of rotatable bonds is 6. The molecule has 1 aliphatic heterocycles. The number of carbonyl (C=O) groups is 1. The smallest absolute Gasteiger partial charge is 0.323 e. The highest BCUT2D eigenvalue weighted by molar-refractivity contribution is 5.72. The van der Waals surface area contributed by atoms with Crippen LogP contribution in [0.4, 0.5) is 5.95 Å². The molecule has 114 valence electrons. The average molecular weight is 290 g/mol. The number of nitrogens with zero attached hydrogens (tertiary/aromatic N) is 4. The molecule has 0 bridgehead atoms. The quantitative estimate of drug-likeness (QED) is 0.799. The van der Waals surface area contributed by atoms with E-state index >= 15 is 0 Å². The Bertz CT molecular complexity index is 513. The number of carboxylic acid groups (broad SMARTS) is 1. The van der Waals surface area contributed by atoms with Gasteiger partial charge in [-0.2, -0.15) is 0 Å². The van der Waals surface area contributed by atoms with E-state index in [-0.39, 0.29) is 6.54 Å². The van der Waals surface area contributed by atoms with E-state index in [4.69, 9.17) is 5.11 Å². The van der Waals surface area contributed by atoms with Crippen molar-refractivity contribution in [2.75, 3.05) is 25.0 Å². The Morgan fingerprint density at radius 2 is 2.14 bits per heavy atom. The fourth-order valence-corrected chi connectivity index (χ4v) is 2.53. The first-order valence-corrected chi connectivity index (χ1v) is 7.12. The molecule has 1 aromatic heterocycles. The zero-order valence-electron chi connectivity index (χ0n) is 12.7. The van der Waals surface area contributed by atoms with Crippen LogP contribution in [0.2, 0.25) is 0 Å². The summed E-state index contributed by atoms with van der Waals surface area (Å²) in [5, 5.41) is 8.76. The predicted molar refractivity (Wildman–Crippen MR) is 81.1 cm³/mol. The van der Waals surface area contributed by atoms with E-state index in [1.165, 1.54) is 4.90 Å². The number of anilines is 1. The monoisotopic (exact) mass is 290 g/mol. The molecular weight excluding hydrogens is 268 g/mol. The molecule has 0 aromatic carbocycles. The van der Waals surface area contributed by atoms with Crippen LogP contribution >= 0.6 is 0 Å². The van der Waals surface area contributed by atoms with Gasteiger partial charge in [0.25, 0.3) is 0 Å². The molecule has 0 saturated carbocycles. The summed E-state index contributed by atoms with van der Waals surface area (Å²) in [5.41, 5.74) is 1.04. The van der Waals surface area contributed by atoms with E-state index in [0.717, 1.165) is 18.7 Å². The summed E-state index contributed by atoms with van der Waals surface area (Å²) in [6.45, 7) is 6.08. The fraction of sp³-hybridized carbons (Fsp3) is 0.533. The van der Waals surface area contributed by atoms with Crippen molar-refractivity contribution in [2.24, 2.45) is 5.92 Å². The number of hydrogen-bond donors (Lipinski definition) is 1. The average Bonchev–Trinajstić information content (AvgIpc) is 2.87. The predicted octanol–water partition coefficient (Wildman–Crippen LogP) is 1.39. The second-order valence-corrected chi connectivity index (χ2v) is 5.73. The van der Waals surface area contributed by atoms with E-state index in [9.17, 15) is 4.79 Å². The maximum Gasteiger partial charge on any atom is 0.323 e. The first kappa shape index (κ1) is 15.4. The number of carboxylic acids is 1. The minimum Gasteiger partial charge on any atom is -0.480 e. The van der Waals surface area contributed by atoms with Crippen LogP contribution in [0.25, 0.3) is 0 Å². The minimum absolute atomic E-state index is 0.106. The molecule has 1 aliphatic rings. The lowest BCUT2D eigenvalue weighted by Crippen LogP contribution is -2.33. The van der Waals surface area contributed by atoms with Gasteiger partial charge in [0.05, 0.1) is 0 Å². The van der Waals surface area contributed by atoms with E-state index in [2.05, 4.69) is 40.9 Å². The summed E-state index contributed by atoms with van der Waals surface area (Å²) < 4.78 is 0. The molecule has 0 aliphatic carbocycles.